The summed E-state index contributed by atoms with van der Waals surface area (Å²) in [6.45, 7) is 5.65. The molecule has 4 heterocycles. The van der Waals surface area contributed by atoms with Crippen LogP contribution in [-0.4, -0.2) is 48.5 Å². The SMILES string of the molecule is Cc1cc([C@@H]2CN(C(=O)c3ccc4ncsc4c3)CC[C@H]2C)n2ncnc2n1. The molecule has 8 heteroatoms. The number of likely N-dealkylation sites (tertiary alicyclic amines) is 1. The van der Waals surface area contributed by atoms with Crippen molar-refractivity contribution in [3.8, 4) is 0 Å². The van der Waals surface area contributed by atoms with Gasteiger partial charge in [0.15, 0.2) is 0 Å². The number of piperidine rings is 1. The van der Waals surface area contributed by atoms with Gasteiger partial charge in [-0.05, 0) is 43.5 Å². The Morgan fingerprint density at radius 3 is 3.04 bits per heavy atom. The standard InChI is InChI=1S/C20H20N6OS/c1-12-5-6-25(19(27)14-3-4-16-18(8-14)28-11-22-16)9-15(12)17-7-13(2)24-20-21-10-23-26(17)20/h3-4,7-8,10-12,15H,5-6,9H2,1-2H3/t12-,15-/m1/s1. The van der Waals surface area contributed by atoms with Crippen LogP contribution in [0.4, 0.5) is 0 Å². The van der Waals surface area contributed by atoms with Gasteiger partial charge in [-0.25, -0.2) is 14.5 Å². The van der Waals surface area contributed by atoms with E-state index in [9.17, 15) is 4.79 Å². The van der Waals surface area contributed by atoms with Gasteiger partial charge in [0.05, 0.1) is 21.4 Å². The highest BCUT2D eigenvalue weighted by molar-refractivity contribution is 7.16. The average Bonchev–Trinajstić information content (AvgIpc) is 3.35. The van der Waals surface area contributed by atoms with Crippen molar-refractivity contribution in [2.24, 2.45) is 5.92 Å². The summed E-state index contributed by atoms with van der Waals surface area (Å²) in [5.74, 6) is 1.33. The highest BCUT2D eigenvalue weighted by Gasteiger charge is 2.32. The van der Waals surface area contributed by atoms with Gasteiger partial charge in [0, 0.05) is 30.3 Å². The van der Waals surface area contributed by atoms with Crippen molar-refractivity contribution in [1.29, 1.82) is 0 Å². The van der Waals surface area contributed by atoms with Crippen LogP contribution < -0.4 is 0 Å². The van der Waals surface area contributed by atoms with Crippen LogP contribution in [0.1, 0.15) is 41.0 Å². The van der Waals surface area contributed by atoms with Gasteiger partial charge < -0.3 is 4.90 Å². The molecule has 3 aromatic heterocycles. The average molecular weight is 392 g/mol. The van der Waals surface area contributed by atoms with E-state index in [4.69, 9.17) is 0 Å². The molecule has 0 N–H and O–H groups in total. The van der Waals surface area contributed by atoms with E-state index >= 15 is 0 Å². The Bertz CT molecular complexity index is 1180. The highest BCUT2D eigenvalue weighted by atomic mass is 32.1. The van der Waals surface area contributed by atoms with Gasteiger partial charge in [0.25, 0.3) is 11.7 Å². The van der Waals surface area contributed by atoms with Crippen molar-refractivity contribution >= 4 is 33.2 Å². The smallest absolute Gasteiger partial charge is 0.253 e. The van der Waals surface area contributed by atoms with Gasteiger partial charge in [-0.2, -0.15) is 10.1 Å². The third-order valence-electron chi connectivity index (χ3n) is 5.61. The first-order valence-corrected chi connectivity index (χ1v) is 10.3. The molecule has 1 aliphatic rings. The summed E-state index contributed by atoms with van der Waals surface area (Å²) in [6, 6.07) is 7.83. The van der Waals surface area contributed by atoms with Crippen molar-refractivity contribution in [2.75, 3.05) is 13.1 Å². The fourth-order valence-corrected chi connectivity index (χ4v) is 4.75. The number of hydrogen-bond acceptors (Lipinski definition) is 6. The zero-order chi connectivity index (χ0) is 19.3. The first-order valence-electron chi connectivity index (χ1n) is 9.40. The first-order chi connectivity index (χ1) is 13.6. The molecule has 142 valence electrons. The molecule has 0 radical (unpaired) electrons. The lowest BCUT2D eigenvalue weighted by atomic mass is 9.84. The van der Waals surface area contributed by atoms with Crippen LogP contribution >= 0.6 is 11.3 Å². The largest absolute Gasteiger partial charge is 0.338 e. The second-order valence-corrected chi connectivity index (χ2v) is 8.34. The quantitative estimate of drug-likeness (QED) is 0.523. The van der Waals surface area contributed by atoms with Gasteiger partial charge in [-0.3, -0.25) is 4.79 Å². The fourth-order valence-electron chi connectivity index (χ4n) is 4.03. The van der Waals surface area contributed by atoms with E-state index < -0.39 is 0 Å². The first kappa shape index (κ1) is 17.2. The summed E-state index contributed by atoms with van der Waals surface area (Å²) >= 11 is 1.56. The predicted molar refractivity (Wildman–Crippen MR) is 108 cm³/mol. The van der Waals surface area contributed by atoms with Crippen LogP contribution in [0.3, 0.4) is 0 Å². The number of hydrogen-bond donors (Lipinski definition) is 0. The van der Waals surface area contributed by atoms with Crippen LogP contribution in [0.2, 0.25) is 0 Å². The third-order valence-corrected chi connectivity index (χ3v) is 6.40. The van der Waals surface area contributed by atoms with Crippen molar-refractivity contribution in [3.63, 3.8) is 0 Å². The minimum atomic E-state index is 0.0767. The molecule has 0 aliphatic carbocycles. The van der Waals surface area contributed by atoms with Crippen molar-refractivity contribution in [2.45, 2.75) is 26.2 Å². The zero-order valence-electron chi connectivity index (χ0n) is 15.7. The summed E-state index contributed by atoms with van der Waals surface area (Å²) in [5, 5.41) is 4.36. The molecule has 0 bridgehead atoms. The van der Waals surface area contributed by atoms with Crippen LogP contribution in [0.15, 0.2) is 36.1 Å². The van der Waals surface area contributed by atoms with Gasteiger partial charge in [0.2, 0.25) is 0 Å². The number of nitrogens with zero attached hydrogens (tertiary/aromatic N) is 6. The Hall–Kier alpha value is -2.87. The summed E-state index contributed by atoms with van der Waals surface area (Å²) in [7, 11) is 0. The molecule has 0 unspecified atom stereocenters. The number of thiazole rings is 1. The Kier molecular flexibility index (Phi) is 4.08. The van der Waals surface area contributed by atoms with Crippen molar-refractivity contribution < 1.29 is 4.79 Å². The lowest BCUT2D eigenvalue weighted by molar-refractivity contribution is 0.0666. The molecule has 1 aliphatic heterocycles. The normalized spacial score (nSPS) is 20.1. The number of aromatic nitrogens is 5. The second-order valence-electron chi connectivity index (χ2n) is 7.45. The Morgan fingerprint density at radius 2 is 2.14 bits per heavy atom. The lowest BCUT2D eigenvalue weighted by Crippen LogP contribution is -2.42. The van der Waals surface area contributed by atoms with Crippen LogP contribution in [-0.2, 0) is 0 Å². The predicted octanol–water partition coefficient (Wildman–Crippen LogP) is 3.31. The van der Waals surface area contributed by atoms with E-state index in [0.29, 0.717) is 18.2 Å². The van der Waals surface area contributed by atoms with Gasteiger partial charge in [-0.15, -0.1) is 11.3 Å². The topological polar surface area (TPSA) is 76.3 Å². The van der Waals surface area contributed by atoms with E-state index in [2.05, 4.69) is 33.0 Å². The summed E-state index contributed by atoms with van der Waals surface area (Å²) in [4.78, 5) is 28.1. The van der Waals surface area contributed by atoms with Crippen molar-refractivity contribution in [3.05, 3.63) is 53.1 Å². The van der Waals surface area contributed by atoms with Gasteiger partial charge >= 0.3 is 0 Å². The molecular weight excluding hydrogens is 372 g/mol. The molecule has 28 heavy (non-hydrogen) atoms. The van der Waals surface area contributed by atoms with E-state index in [1.165, 1.54) is 6.33 Å². The molecule has 7 nitrogen and oxygen atoms in total. The van der Waals surface area contributed by atoms with E-state index in [1.54, 1.807) is 11.3 Å². The maximum atomic E-state index is 13.2. The maximum absolute atomic E-state index is 13.2. The zero-order valence-corrected chi connectivity index (χ0v) is 16.6. The lowest BCUT2D eigenvalue weighted by Gasteiger charge is -2.37. The highest BCUT2D eigenvalue weighted by Crippen LogP contribution is 2.33. The molecule has 0 saturated carbocycles. The van der Waals surface area contributed by atoms with Crippen LogP contribution in [0.25, 0.3) is 16.0 Å². The molecule has 4 aromatic rings. The van der Waals surface area contributed by atoms with E-state index in [1.807, 2.05) is 40.0 Å². The molecule has 5 rings (SSSR count). The maximum Gasteiger partial charge on any atom is 0.253 e. The fraction of sp³-hybridized carbons (Fsp3) is 0.350. The molecule has 1 fully saturated rings. The molecular formula is C20H20N6OS. The number of rotatable bonds is 2. The van der Waals surface area contributed by atoms with E-state index in [-0.39, 0.29) is 11.8 Å². The van der Waals surface area contributed by atoms with Crippen LogP contribution in [0.5, 0.6) is 0 Å². The summed E-state index contributed by atoms with van der Waals surface area (Å²) in [6.07, 6.45) is 2.49. The van der Waals surface area contributed by atoms with Crippen LogP contribution in [0, 0.1) is 12.8 Å². The summed E-state index contributed by atoms with van der Waals surface area (Å²) in [5.41, 5.74) is 5.46. The second kappa shape index (κ2) is 6.63. The van der Waals surface area contributed by atoms with Gasteiger partial charge in [0.1, 0.15) is 6.33 Å². The third kappa shape index (κ3) is 2.84. The number of carbonyl (C=O) groups excluding carboxylic acids is 1. The van der Waals surface area contributed by atoms with Crippen molar-refractivity contribution in [1.82, 2.24) is 29.5 Å². The molecule has 2 atom stereocenters. The minimum Gasteiger partial charge on any atom is -0.338 e. The number of carbonyl (C=O) groups is 1. The number of aryl methyl sites for hydroxylation is 1. The Balaban J connectivity index is 1.47. The molecule has 1 amide bonds. The number of fused-ring (bicyclic) bond motifs is 2. The molecule has 1 saturated heterocycles. The Morgan fingerprint density at radius 1 is 1.25 bits per heavy atom. The number of amides is 1. The molecule has 1 aromatic carbocycles. The monoisotopic (exact) mass is 392 g/mol. The van der Waals surface area contributed by atoms with Gasteiger partial charge in [-0.1, -0.05) is 6.92 Å². The molecule has 0 spiro atoms. The summed E-state index contributed by atoms with van der Waals surface area (Å²) < 4.78 is 2.85. The van der Waals surface area contributed by atoms with E-state index in [0.717, 1.165) is 40.1 Å². The Labute approximate surface area is 166 Å². The minimum absolute atomic E-state index is 0.0767. The number of benzene rings is 1.